The van der Waals surface area contributed by atoms with Crippen LogP contribution in [-0.2, 0) is 16.1 Å². The fourth-order valence-corrected chi connectivity index (χ4v) is 2.19. The highest BCUT2D eigenvalue weighted by Crippen LogP contribution is 2.16. The van der Waals surface area contributed by atoms with Crippen molar-refractivity contribution in [2.75, 3.05) is 13.7 Å². The smallest absolute Gasteiger partial charge is 0.223 e. The van der Waals surface area contributed by atoms with Crippen LogP contribution in [0.25, 0.3) is 0 Å². The van der Waals surface area contributed by atoms with Gasteiger partial charge in [-0.15, -0.1) is 11.3 Å². The van der Waals surface area contributed by atoms with E-state index >= 15 is 0 Å². The maximum atomic E-state index is 11.8. The van der Waals surface area contributed by atoms with Crippen molar-refractivity contribution in [1.29, 1.82) is 0 Å². The number of hydrogen-bond donors (Lipinski definition) is 2. The summed E-state index contributed by atoms with van der Waals surface area (Å²) >= 11 is 1.54. The van der Waals surface area contributed by atoms with Gasteiger partial charge in [0.1, 0.15) is 6.61 Å². The molecule has 0 saturated heterocycles. The summed E-state index contributed by atoms with van der Waals surface area (Å²) < 4.78 is 5.21. The number of ether oxygens (including phenoxy) is 1. The topological polar surface area (TPSA) is 58.6 Å². The Kier molecular flexibility index (Phi) is 6.03. The van der Waals surface area contributed by atoms with E-state index < -0.39 is 5.60 Å². The first-order chi connectivity index (χ1) is 8.98. The van der Waals surface area contributed by atoms with Crippen molar-refractivity contribution in [3.63, 3.8) is 0 Å². The first-order valence-electron chi connectivity index (χ1n) is 5.96. The van der Waals surface area contributed by atoms with E-state index in [2.05, 4.69) is 17.2 Å². The molecule has 0 aliphatic carbocycles. The van der Waals surface area contributed by atoms with Gasteiger partial charge in [0.15, 0.2) is 0 Å². The zero-order chi connectivity index (χ0) is 14.3. The summed E-state index contributed by atoms with van der Waals surface area (Å²) in [6.45, 7) is 4.03. The van der Waals surface area contributed by atoms with Gasteiger partial charge in [-0.2, -0.15) is 0 Å². The normalized spacial score (nSPS) is 10.7. The number of aliphatic hydroxyl groups excluding tert-OH is 1. The summed E-state index contributed by atoms with van der Waals surface area (Å²) in [5.74, 6) is 5.41. The van der Waals surface area contributed by atoms with E-state index in [1.165, 1.54) is 11.3 Å². The zero-order valence-corrected chi connectivity index (χ0v) is 12.3. The van der Waals surface area contributed by atoms with Gasteiger partial charge in [-0.25, -0.2) is 0 Å². The number of rotatable bonds is 5. The second-order valence-electron chi connectivity index (χ2n) is 4.63. The second kappa shape index (κ2) is 7.29. The molecular weight excluding hydrogens is 262 g/mol. The molecule has 0 fully saturated rings. The van der Waals surface area contributed by atoms with Gasteiger partial charge < -0.3 is 15.2 Å². The SMILES string of the molecule is COC(C)(C)CC(=O)NCc1sccc1C#CCO. The molecule has 0 bridgehead atoms. The maximum absolute atomic E-state index is 11.8. The fraction of sp³-hybridized carbons (Fsp3) is 0.500. The molecule has 0 aliphatic rings. The molecule has 0 spiro atoms. The average Bonchev–Trinajstić information content (AvgIpc) is 2.81. The lowest BCUT2D eigenvalue weighted by Crippen LogP contribution is -2.33. The van der Waals surface area contributed by atoms with E-state index in [-0.39, 0.29) is 12.5 Å². The third-order valence-electron chi connectivity index (χ3n) is 2.63. The molecule has 104 valence electrons. The second-order valence-corrected chi connectivity index (χ2v) is 5.64. The highest BCUT2D eigenvalue weighted by Gasteiger charge is 2.20. The van der Waals surface area contributed by atoms with Crippen molar-refractivity contribution < 1.29 is 14.6 Å². The van der Waals surface area contributed by atoms with Crippen LogP contribution >= 0.6 is 11.3 Å². The van der Waals surface area contributed by atoms with E-state index in [1.807, 2.05) is 25.3 Å². The minimum absolute atomic E-state index is 0.0543. The summed E-state index contributed by atoms with van der Waals surface area (Å²) in [4.78, 5) is 12.8. The molecule has 0 saturated carbocycles. The van der Waals surface area contributed by atoms with E-state index in [0.717, 1.165) is 10.4 Å². The Bertz CT molecular complexity index is 482. The highest BCUT2D eigenvalue weighted by atomic mass is 32.1. The molecule has 1 aromatic heterocycles. The fourth-order valence-electron chi connectivity index (χ4n) is 1.42. The minimum atomic E-state index is -0.459. The first kappa shape index (κ1) is 15.7. The quantitative estimate of drug-likeness (QED) is 0.805. The molecule has 0 aromatic carbocycles. The Morgan fingerprint density at radius 1 is 1.58 bits per heavy atom. The summed E-state index contributed by atoms with van der Waals surface area (Å²) in [6, 6.07) is 1.88. The van der Waals surface area contributed by atoms with Gasteiger partial charge in [-0.3, -0.25) is 4.79 Å². The van der Waals surface area contributed by atoms with Gasteiger partial charge in [-0.1, -0.05) is 11.8 Å². The average molecular weight is 281 g/mol. The summed E-state index contributed by atoms with van der Waals surface area (Å²) in [7, 11) is 1.59. The van der Waals surface area contributed by atoms with E-state index in [1.54, 1.807) is 7.11 Å². The Morgan fingerprint density at radius 2 is 2.32 bits per heavy atom. The van der Waals surface area contributed by atoms with Crippen molar-refractivity contribution in [1.82, 2.24) is 5.32 Å². The number of amides is 1. The monoisotopic (exact) mass is 281 g/mol. The molecule has 0 atom stereocenters. The van der Waals surface area contributed by atoms with Crippen molar-refractivity contribution in [3.05, 3.63) is 21.9 Å². The number of carbonyl (C=O) groups excluding carboxylic acids is 1. The van der Waals surface area contributed by atoms with Crippen LogP contribution in [0.3, 0.4) is 0 Å². The summed E-state index contributed by atoms with van der Waals surface area (Å²) in [5.41, 5.74) is 0.393. The van der Waals surface area contributed by atoms with Crippen molar-refractivity contribution >= 4 is 17.2 Å². The zero-order valence-electron chi connectivity index (χ0n) is 11.4. The van der Waals surface area contributed by atoms with Gasteiger partial charge in [0, 0.05) is 17.6 Å². The minimum Gasteiger partial charge on any atom is -0.384 e. The van der Waals surface area contributed by atoms with Crippen LogP contribution in [0.4, 0.5) is 0 Å². The van der Waals surface area contributed by atoms with Crippen molar-refractivity contribution in [3.8, 4) is 11.8 Å². The number of hydrogen-bond acceptors (Lipinski definition) is 4. The predicted octanol–water partition coefficient (Wildman–Crippen LogP) is 1.52. The van der Waals surface area contributed by atoms with E-state index in [0.29, 0.717) is 13.0 Å². The van der Waals surface area contributed by atoms with Gasteiger partial charge >= 0.3 is 0 Å². The molecule has 1 aromatic rings. The Hall–Kier alpha value is -1.35. The molecule has 2 N–H and O–H groups in total. The Morgan fingerprint density at radius 3 is 2.95 bits per heavy atom. The molecule has 5 heteroatoms. The number of nitrogens with one attached hydrogen (secondary N) is 1. The van der Waals surface area contributed by atoms with Crippen LogP contribution < -0.4 is 5.32 Å². The third kappa shape index (κ3) is 5.43. The maximum Gasteiger partial charge on any atom is 0.223 e. The van der Waals surface area contributed by atoms with Crippen molar-refractivity contribution in [2.24, 2.45) is 0 Å². The lowest BCUT2D eigenvalue weighted by Gasteiger charge is -2.21. The molecule has 4 nitrogen and oxygen atoms in total. The van der Waals surface area contributed by atoms with Gasteiger partial charge in [-0.05, 0) is 25.3 Å². The predicted molar refractivity (Wildman–Crippen MR) is 75.8 cm³/mol. The summed E-state index contributed by atoms with van der Waals surface area (Å²) in [5, 5.41) is 13.4. The van der Waals surface area contributed by atoms with Gasteiger partial charge in [0.2, 0.25) is 5.91 Å². The van der Waals surface area contributed by atoms with Crippen LogP contribution in [-0.4, -0.2) is 30.3 Å². The Balaban J connectivity index is 2.53. The number of carbonyl (C=O) groups is 1. The third-order valence-corrected chi connectivity index (χ3v) is 3.55. The molecule has 0 radical (unpaired) electrons. The highest BCUT2D eigenvalue weighted by molar-refractivity contribution is 7.10. The molecule has 0 aliphatic heterocycles. The number of methoxy groups -OCH3 is 1. The van der Waals surface area contributed by atoms with Crippen LogP contribution in [0, 0.1) is 11.8 Å². The summed E-state index contributed by atoms with van der Waals surface area (Å²) in [6.07, 6.45) is 0.312. The van der Waals surface area contributed by atoms with Crippen LogP contribution in [0.15, 0.2) is 11.4 Å². The first-order valence-corrected chi connectivity index (χ1v) is 6.84. The molecule has 1 heterocycles. The van der Waals surface area contributed by atoms with Crippen LogP contribution in [0.2, 0.25) is 0 Å². The van der Waals surface area contributed by atoms with Gasteiger partial charge in [0.25, 0.3) is 0 Å². The van der Waals surface area contributed by atoms with Crippen LogP contribution in [0.1, 0.15) is 30.7 Å². The molecule has 1 rings (SSSR count). The van der Waals surface area contributed by atoms with E-state index in [9.17, 15) is 4.79 Å². The molecule has 1 amide bonds. The van der Waals surface area contributed by atoms with E-state index in [4.69, 9.17) is 9.84 Å². The number of aliphatic hydroxyl groups is 1. The lowest BCUT2D eigenvalue weighted by atomic mass is 10.1. The molecule has 0 unspecified atom stereocenters. The molecule has 19 heavy (non-hydrogen) atoms. The lowest BCUT2D eigenvalue weighted by molar-refractivity contribution is -0.126. The largest absolute Gasteiger partial charge is 0.384 e. The van der Waals surface area contributed by atoms with Crippen LogP contribution in [0.5, 0.6) is 0 Å². The Labute approximate surface area is 117 Å². The standard InChI is InChI=1S/C14H19NO3S/c1-14(2,18-3)9-13(17)15-10-12-11(5-4-7-16)6-8-19-12/h6,8,16H,7,9-10H2,1-3H3,(H,15,17). The van der Waals surface area contributed by atoms with Crippen molar-refractivity contribution in [2.45, 2.75) is 32.4 Å². The van der Waals surface area contributed by atoms with Gasteiger partial charge in [0.05, 0.1) is 18.6 Å². The molecular formula is C14H19NO3S. The number of thiophene rings is 1.